The number of carbonyl (C=O) groups is 1. The maximum atomic E-state index is 11.2. The van der Waals surface area contributed by atoms with Crippen molar-refractivity contribution in [2.45, 2.75) is 32.6 Å². The van der Waals surface area contributed by atoms with E-state index >= 15 is 0 Å². The van der Waals surface area contributed by atoms with Crippen LogP contribution in [0.25, 0.3) is 0 Å². The van der Waals surface area contributed by atoms with Gasteiger partial charge in [0, 0.05) is 29.4 Å². The third kappa shape index (κ3) is 3.34. The molecule has 0 saturated heterocycles. The Bertz CT molecular complexity index is 604. The Balaban J connectivity index is 1.92. The largest absolute Gasteiger partial charge is 0.481 e. The summed E-state index contributed by atoms with van der Waals surface area (Å²) in [6.45, 7) is 6.04. The highest BCUT2D eigenvalue weighted by atomic mass is 32.1. The molecule has 0 aliphatic rings. The molecule has 0 bridgehead atoms. The van der Waals surface area contributed by atoms with E-state index in [4.69, 9.17) is 5.11 Å². The van der Waals surface area contributed by atoms with Gasteiger partial charge in [0.05, 0.1) is 10.7 Å². The van der Waals surface area contributed by atoms with Crippen LogP contribution in [-0.2, 0) is 16.6 Å². The second kappa shape index (κ2) is 5.88. The van der Waals surface area contributed by atoms with Crippen LogP contribution in [0.15, 0.2) is 10.8 Å². The first-order chi connectivity index (χ1) is 9.39. The number of carboxylic acids is 1. The van der Waals surface area contributed by atoms with Gasteiger partial charge < -0.3 is 10.4 Å². The third-order valence-corrected chi connectivity index (χ3v) is 4.79. The molecule has 0 aliphatic carbocycles. The summed E-state index contributed by atoms with van der Waals surface area (Å²) in [5.74, 6) is -0.868. The lowest BCUT2D eigenvalue weighted by Gasteiger charge is -2.15. The fourth-order valence-electron chi connectivity index (χ4n) is 1.55. The van der Waals surface area contributed by atoms with E-state index in [0.717, 1.165) is 28.8 Å². The van der Waals surface area contributed by atoms with E-state index in [1.807, 2.05) is 12.3 Å². The summed E-state index contributed by atoms with van der Waals surface area (Å²) in [5.41, 5.74) is 0.676. The SMILES string of the molecule is Cc1csc(CCNc2nc(C(C)(C)C(=O)O)cs2)n1. The fraction of sp³-hybridized carbons (Fsp3) is 0.462. The molecular formula is C13H17N3O2S2. The van der Waals surface area contributed by atoms with Crippen molar-refractivity contribution in [2.75, 3.05) is 11.9 Å². The molecule has 0 radical (unpaired) electrons. The Labute approximate surface area is 125 Å². The first-order valence-electron chi connectivity index (χ1n) is 6.24. The molecule has 2 aromatic heterocycles. The van der Waals surface area contributed by atoms with Crippen LogP contribution >= 0.6 is 22.7 Å². The molecule has 0 saturated carbocycles. The van der Waals surface area contributed by atoms with E-state index in [0.29, 0.717) is 5.69 Å². The molecule has 2 aromatic rings. The maximum absolute atomic E-state index is 11.2. The Hall–Kier alpha value is -1.47. The quantitative estimate of drug-likeness (QED) is 0.858. The minimum absolute atomic E-state index is 0.586. The van der Waals surface area contributed by atoms with Crippen molar-refractivity contribution >= 4 is 33.8 Å². The van der Waals surface area contributed by atoms with E-state index in [1.165, 1.54) is 11.3 Å². The van der Waals surface area contributed by atoms with Crippen LogP contribution < -0.4 is 5.32 Å². The molecule has 0 unspecified atom stereocenters. The normalized spacial score (nSPS) is 11.6. The predicted octanol–water partition coefficient (Wildman–Crippen LogP) is 2.92. The van der Waals surface area contributed by atoms with Gasteiger partial charge in [-0.1, -0.05) is 0 Å². The number of rotatable bonds is 6. The lowest BCUT2D eigenvalue weighted by molar-refractivity contribution is -0.142. The van der Waals surface area contributed by atoms with Crippen molar-refractivity contribution in [1.29, 1.82) is 0 Å². The summed E-state index contributed by atoms with van der Waals surface area (Å²) in [5, 5.41) is 18.1. The van der Waals surface area contributed by atoms with Gasteiger partial charge in [-0.25, -0.2) is 9.97 Å². The molecule has 0 atom stereocenters. The van der Waals surface area contributed by atoms with Gasteiger partial charge >= 0.3 is 5.97 Å². The van der Waals surface area contributed by atoms with Gasteiger partial charge in [-0.15, -0.1) is 22.7 Å². The van der Waals surface area contributed by atoms with Crippen molar-refractivity contribution < 1.29 is 9.90 Å². The van der Waals surface area contributed by atoms with Crippen LogP contribution in [0.4, 0.5) is 5.13 Å². The summed E-state index contributed by atoms with van der Waals surface area (Å²) in [6, 6.07) is 0. The van der Waals surface area contributed by atoms with Crippen molar-refractivity contribution in [3.63, 3.8) is 0 Å². The second-order valence-electron chi connectivity index (χ2n) is 5.03. The monoisotopic (exact) mass is 311 g/mol. The highest BCUT2D eigenvalue weighted by molar-refractivity contribution is 7.13. The molecule has 108 valence electrons. The van der Waals surface area contributed by atoms with Gasteiger partial charge in [0.1, 0.15) is 5.41 Å². The lowest BCUT2D eigenvalue weighted by atomic mass is 9.90. The van der Waals surface area contributed by atoms with Crippen LogP contribution in [0, 0.1) is 6.92 Å². The lowest BCUT2D eigenvalue weighted by Crippen LogP contribution is -2.28. The molecule has 0 aromatic carbocycles. The predicted molar refractivity (Wildman–Crippen MR) is 81.8 cm³/mol. The van der Waals surface area contributed by atoms with Gasteiger partial charge in [-0.05, 0) is 20.8 Å². The third-order valence-electron chi connectivity index (χ3n) is 2.96. The topological polar surface area (TPSA) is 75.1 Å². The zero-order valence-electron chi connectivity index (χ0n) is 11.6. The number of nitrogens with one attached hydrogen (secondary N) is 1. The molecule has 5 nitrogen and oxygen atoms in total. The highest BCUT2D eigenvalue weighted by Crippen LogP contribution is 2.27. The summed E-state index contributed by atoms with van der Waals surface area (Å²) in [6.07, 6.45) is 0.843. The van der Waals surface area contributed by atoms with Crippen LogP contribution in [0.2, 0.25) is 0 Å². The fourth-order valence-corrected chi connectivity index (χ4v) is 3.23. The van der Waals surface area contributed by atoms with E-state index in [9.17, 15) is 4.79 Å². The van der Waals surface area contributed by atoms with Gasteiger partial charge in [0.25, 0.3) is 0 Å². The van der Waals surface area contributed by atoms with Crippen LogP contribution in [0.5, 0.6) is 0 Å². The second-order valence-corrected chi connectivity index (χ2v) is 6.83. The molecule has 0 spiro atoms. The number of thiazole rings is 2. The average Bonchev–Trinajstić information content (AvgIpc) is 2.99. The van der Waals surface area contributed by atoms with Gasteiger partial charge in [-0.2, -0.15) is 0 Å². The molecule has 0 fully saturated rings. The number of aliphatic carboxylic acids is 1. The maximum Gasteiger partial charge on any atom is 0.315 e. The van der Waals surface area contributed by atoms with Gasteiger partial charge in [0.2, 0.25) is 0 Å². The van der Waals surface area contributed by atoms with E-state index in [-0.39, 0.29) is 0 Å². The smallest absolute Gasteiger partial charge is 0.315 e. The molecule has 20 heavy (non-hydrogen) atoms. The van der Waals surface area contributed by atoms with E-state index in [2.05, 4.69) is 15.3 Å². The zero-order valence-corrected chi connectivity index (χ0v) is 13.3. The Morgan fingerprint density at radius 2 is 2.10 bits per heavy atom. The van der Waals surface area contributed by atoms with E-state index < -0.39 is 11.4 Å². The molecular weight excluding hydrogens is 294 g/mol. The summed E-state index contributed by atoms with van der Waals surface area (Å²) in [7, 11) is 0. The summed E-state index contributed by atoms with van der Waals surface area (Å²) < 4.78 is 0. The number of hydrogen-bond donors (Lipinski definition) is 2. The number of nitrogens with zero attached hydrogens (tertiary/aromatic N) is 2. The van der Waals surface area contributed by atoms with Crippen LogP contribution in [-0.4, -0.2) is 27.6 Å². The molecule has 2 N–H and O–H groups in total. The number of anilines is 1. The zero-order chi connectivity index (χ0) is 14.8. The summed E-state index contributed by atoms with van der Waals surface area (Å²) >= 11 is 3.08. The molecule has 2 rings (SSSR count). The molecule has 0 amide bonds. The first kappa shape index (κ1) is 14.9. The van der Waals surface area contributed by atoms with Gasteiger partial charge in [0.15, 0.2) is 5.13 Å². The number of aryl methyl sites for hydroxylation is 1. The Kier molecular flexibility index (Phi) is 4.39. The Morgan fingerprint density at radius 1 is 1.35 bits per heavy atom. The van der Waals surface area contributed by atoms with Crippen molar-refractivity contribution in [1.82, 2.24) is 9.97 Å². The molecule has 0 aliphatic heterocycles. The molecule has 7 heteroatoms. The minimum atomic E-state index is -0.956. The van der Waals surface area contributed by atoms with Crippen LogP contribution in [0.1, 0.15) is 30.2 Å². The van der Waals surface area contributed by atoms with Gasteiger partial charge in [-0.3, -0.25) is 4.79 Å². The molecule has 2 heterocycles. The average molecular weight is 311 g/mol. The number of aromatic nitrogens is 2. The van der Waals surface area contributed by atoms with Crippen LogP contribution in [0.3, 0.4) is 0 Å². The first-order valence-corrected chi connectivity index (χ1v) is 8.00. The minimum Gasteiger partial charge on any atom is -0.481 e. The standard InChI is InChI=1S/C13H17N3O2S2/c1-8-6-19-10(15-8)4-5-14-12-16-9(7-20-12)13(2,3)11(17)18/h6-7H,4-5H2,1-3H3,(H,14,16)(H,17,18). The highest BCUT2D eigenvalue weighted by Gasteiger charge is 2.32. The van der Waals surface area contributed by atoms with E-state index in [1.54, 1.807) is 30.6 Å². The number of hydrogen-bond acceptors (Lipinski definition) is 6. The van der Waals surface area contributed by atoms with Crippen molar-refractivity contribution in [3.05, 3.63) is 27.2 Å². The summed E-state index contributed by atoms with van der Waals surface area (Å²) in [4.78, 5) is 19.9. The Morgan fingerprint density at radius 3 is 2.70 bits per heavy atom. The number of carboxylic acid groups (broad SMARTS) is 1. The van der Waals surface area contributed by atoms with Crippen molar-refractivity contribution in [3.8, 4) is 0 Å². The van der Waals surface area contributed by atoms with Crippen molar-refractivity contribution in [2.24, 2.45) is 0 Å².